The first-order chi connectivity index (χ1) is 12.5. The van der Waals surface area contributed by atoms with Crippen LogP contribution in [0.1, 0.15) is 16.7 Å². The molecule has 1 saturated heterocycles. The van der Waals surface area contributed by atoms with Gasteiger partial charge in [-0.3, -0.25) is 0 Å². The highest BCUT2D eigenvalue weighted by atomic mass is 16.5. The molecule has 0 aromatic heterocycles. The molecule has 2 N–H and O–H groups in total. The average Bonchev–Trinajstić information content (AvgIpc) is 2.66. The zero-order valence-electron chi connectivity index (χ0n) is 16.1. The van der Waals surface area contributed by atoms with Gasteiger partial charge >= 0.3 is 0 Å². The quantitative estimate of drug-likeness (QED) is 0.858. The molecule has 0 bridgehead atoms. The Hall–Kier alpha value is -2.40. The van der Waals surface area contributed by atoms with E-state index in [-0.39, 0.29) is 5.75 Å². The Morgan fingerprint density at radius 2 is 1.65 bits per heavy atom. The Labute approximate surface area is 155 Å². The van der Waals surface area contributed by atoms with Crippen LogP contribution in [0.4, 0.5) is 5.69 Å². The van der Waals surface area contributed by atoms with E-state index in [2.05, 4.69) is 36.9 Å². The van der Waals surface area contributed by atoms with Crippen LogP contribution in [0.2, 0.25) is 0 Å². The lowest BCUT2D eigenvalue weighted by Crippen LogP contribution is -3.13. The fourth-order valence-electron chi connectivity index (χ4n) is 3.66. The van der Waals surface area contributed by atoms with Gasteiger partial charge in [-0.25, -0.2) is 0 Å². The maximum atomic E-state index is 10.1. The van der Waals surface area contributed by atoms with E-state index < -0.39 is 0 Å². The third kappa shape index (κ3) is 3.73. The van der Waals surface area contributed by atoms with Crippen molar-refractivity contribution in [2.45, 2.75) is 20.4 Å². The number of quaternary nitrogens is 1. The van der Waals surface area contributed by atoms with Gasteiger partial charge in [-0.1, -0.05) is 12.1 Å². The van der Waals surface area contributed by atoms with Gasteiger partial charge in [-0.2, -0.15) is 0 Å². The molecule has 140 valence electrons. The summed E-state index contributed by atoms with van der Waals surface area (Å²) in [5, 5.41) is 10.1. The molecule has 2 aromatic rings. The lowest BCUT2D eigenvalue weighted by molar-refractivity contribution is -0.914. The van der Waals surface area contributed by atoms with Gasteiger partial charge in [0.15, 0.2) is 11.5 Å². The van der Waals surface area contributed by atoms with Crippen molar-refractivity contribution >= 4 is 5.69 Å². The number of benzene rings is 2. The molecule has 5 heteroatoms. The first-order valence-corrected chi connectivity index (χ1v) is 9.12. The van der Waals surface area contributed by atoms with Crippen LogP contribution in [0.3, 0.4) is 0 Å². The average molecular weight is 357 g/mol. The first-order valence-electron chi connectivity index (χ1n) is 9.12. The lowest BCUT2D eigenvalue weighted by Gasteiger charge is -2.34. The van der Waals surface area contributed by atoms with Gasteiger partial charge in [-0.15, -0.1) is 0 Å². The van der Waals surface area contributed by atoms with Crippen molar-refractivity contribution in [1.29, 1.82) is 0 Å². The van der Waals surface area contributed by atoms with Gasteiger partial charge in [0.25, 0.3) is 0 Å². The normalized spacial score (nSPS) is 15.2. The van der Waals surface area contributed by atoms with Crippen molar-refractivity contribution < 1.29 is 19.5 Å². The molecule has 0 radical (unpaired) electrons. The highest BCUT2D eigenvalue weighted by Gasteiger charge is 2.22. The van der Waals surface area contributed by atoms with Crippen molar-refractivity contribution in [3.05, 3.63) is 47.0 Å². The number of rotatable bonds is 5. The third-order valence-corrected chi connectivity index (χ3v) is 5.38. The van der Waals surface area contributed by atoms with Crippen molar-refractivity contribution in [3.8, 4) is 17.2 Å². The number of nitrogens with one attached hydrogen (secondary N) is 1. The van der Waals surface area contributed by atoms with E-state index in [1.54, 1.807) is 14.2 Å². The summed E-state index contributed by atoms with van der Waals surface area (Å²) in [6.45, 7) is 9.54. The van der Waals surface area contributed by atoms with E-state index in [0.29, 0.717) is 11.5 Å². The second-order valence-corrected chi connectivity index (χ2v) is 6.98. The summed E-state index contributed by atoms with van der Waals surface area (Å²) in [6.07, 6.45) is 0. The topological polar surface area (TPSA) is 46.4 Å². The molecule has 1 heterocycles. The lowest BCUT2D eigenvalue weighted by atomic mass is 10.1. The molecule has 26 heavy (non-hydrogen) atoms. The number of aryl methyl sites for hydroxylation is 1. The molecule has 1 aliphatic heterocycles. The zero-order chi connectivity index (χ0) is 18.7. The Balaban J connectivity index is 1.67. The molecular formula is C21H29N2O3+. The molecule has 2 aromatic carbocycles. The van der Waals surface area contributed by atoms with Crippen LogP contribution in [0, 0.1) is 13.8 Å². The molecule has 0 unspecified atom stereocenters. The molecule has 1 aliphatic rings. The summed E-state index contributed by atoms with van der Waals surface area (Å²) in [6, 6.07) is 10.4. The summed E-state index contributed by atoms with van der Waals surface area (Å²) in [5.74, 6) is 0.994. The van der Waals surface area contributed by atoms with Gasteiger partial charge in [0.2, 0.25) is 5.75 Å². The van der Waals surface area contributed by atoms with Crippen LogP contribution >= 0.6 is 0 Å². The smallest absolute Gasteiger partial charge is 0.200 e. The SMILES string of the molecule is COc1cc(C[NH+]2CCN(c3cccc(C)c3C)CC2)cc(OC)c1O. The number of aromatic hydroxyl groups is 1. The minimum atomic E-state index is 0.0634. The van der Waals surface area contributed by atoms with Crippen molar-refractivity contribution in [1.82, 2.24) is 0 Å². The number of anilines is 1. The maximum absolute atomic E-state index is 10.1. The molecular weight excluding hydrogens is 328 g/mol. The number of piperazine rings is 1. The van der Waals surface area contributed by atoms with Crippen molar-refractivity contribution in [3.63, 3.8) is 0 Å². The fraction of sp³-hybridized carbons (Fsp3) is 0.429. The van der Waals surface area contributed by atoms with E-state index in [0.717, 1.165) is 38.3 Å². The van der Waals surface area contributed by atoms with Gasteiger partial charge in [0.05, 0.1) is 40.4 Å². The number of nitrogens with zero attached hydrogens (tertiary/aromatic N) is 1. The highest BCUT2D eigenvalue weighted by Crippen LogP contribution is 2.36. The van der Waals surface area contributed by atoms with Crippen LogP contribution in [-0.2, 0) is 6.54 Å². The molecule has 0 amide bonds. The second kappa shape index (κ2) is 7.87. The molecule has 0 spiro atoms. The van der Waals surface area contributed by atoms with E-state index in [9.17, 15) is 5.11 Å². The van der Waals surface area contributed by atoms with Gasteiger partial charge < -0.3 is 24.4 Å². The Kier molecular flexibility index (Phi) is 5.57. The summed E-state index contributed by atoms with van der Waals surface area (Å²) >= 11 is 0. The van der Waals surface area contributed by atoms with Crippen LogP contribution in [0.25, 0.3) is 0 Å². The Bertz CT molecular complexity index is 743. The standard InChI is InChI=1S/C21H28N2O3/c1-15-6-5-7-18(16(15)2)23-10-8-22(9-11-23)14-17-12-19(25-3)21(24)20(13-17)26-4/h5-7,12-13,24H,8-11,14H2,1-4H3/p+1. The molecule has 1 fully saturated rings. The van der Waals surface area contributed by atoms with E-state index in [1.165, 1.54) is 21.7 Å². The summed E-state index contributed by atoms with van der Waals surface area (Å²) in [4.78, 5) is 4.02. The maximum Gasteiger partial charge on any atom is 0.200 e. The summed E-state index contributed by atoms with van der Waals surface area (Å²) in [7, 11) is 3.13. The minimum Gasteiger partial charge on any atom is -0.502 e. The van der Waals surface area contributed by atoms with E-state index in [1.807, 2.05) is 12.1 Å². The molecule has 0 atom stereocenters. The van der Waals surface area contributed by atoms with Crippen LogP contribution in [-0.4, -0.2) is 45.5 Å². The molecule has 0 saturated carbocycles. The Morgan fingerprint density at radius 1 is 1.04 bits per heavy atom. The van der Waals surface area contributed by atoms with Crippen molar-refractivity contribution in [2.24, 2.45) is 0 Å². The van der Waals surface area contributed by atoms with E-state index >= 15 is 0 Å². The largest absolute Gasteiger partial charge is 0.502 e. The monoisotopic (exact) mass is 357 g/mol. The van der Waals surface area contributed by atoms with Crippen LogP contribution in [0.15, 0.2) is 30.3 Å². The number of hydrogen-bond donors (Lipinski definition) is 2. The number of hydrogen-bond acceptors (Lipinski definition) is 4. The van der Waals surface area contributed by atoms with Gasteiger partial charge in [0, 0.05) is 11.3 Å². The van der Waals surface area contributed by atoms with Crippen LogP contribution in [0.5, 0.6) is 17.2 Å². The summed E-state index contributed by atoms with van der Waals surface area (Å²) in [5.41, 5.74) is 5.20. The van der Waals surface area contributed by atoms with Gasteiger partial charge in [0.1, 0.15) is 6.54 Å². The number of methoxy groups -OCH3 is 2. The molecule has 3 rings (SSSR count). The van der Waals surface area contributed by atoms with E-state index in [4.69, 9.17) is 9.47 Å². The Morgan fingerprint density at radius 3 is 2.23 bits per heavy atom. The number of phenols is 1. The summed E-state index contributed by atoms with van der Waals surface area (Å²) < 4.78 is 10.5. The number of phenolic OH excluding ortho intramolecular Hbond substituents is 1. The van der Waals surface area contributed by atoms with Crippen molar-refractivity contribution in [2.75, 3.05) is 45.3 Å². The predicted octanol–water partition coefficient (Wildman–Crippen LogP) is 1.93. The highest BCUT2D eigenvalue weighted by molar-refractivity contribution is 5.56. The second-order valence-electron chi connectivity index (χ2n) is 6.98. The molecule has 0 aliphatic carbocycles. The van der Waals surface area contributed by atoms with Crippen LogP contribution < -0.4 is 19.3 Å². The number of ether oxygens (including phenoxy) is 2. The zero-order valence-corrected chi connectivity index (χ0v) is 16.1. The third-order valence-electron chi connectivity index (χ3n) is 5.38. The van der Waals surface area contributed by atoms with Gasteiger partial charge in [-0.05, 0) is 43.2 Å². The molecule has 5 nitrogen and oxygen atoms in total. The first kappa shape index (κ1) is 18.4. The fourth-order valence-corrected chi connectivity index (χ4v) is 3.66. The predicted molar refractivity (Wildman–Crippen MR) is 104 cm³/mol. The minimum absolute atomic E-state index is 0.0634.